The normalized spacial score (nSPS) is 21.7. The van der Waals surface area contributed by atoms with Crippen LogP contribution in [0.2, 0.25) is 0 Å². The molecule has 3 fully saturated rings. The van der Waals surface area contributed by atoms with E-state index in [2.05, 4.69) is 16.0 Å². The summed E-state index contributed by atoms with van der Waals surface area (Å²) >= 11 is 0. The molecule has 0 spiro atoms. The van der Waals surface area contributed by atoms with Crippen LogP contribution in [0, 0.1) is 11.8 Å². The predicted molar refractivity (Wildman–Crippen MR) is 175 cm³/mol. The third kappa shape index (κ3) is 7.94. The number of ether oxygens (including phenoxy) is 1. The topological polar surface area (TPSA) is 154 Å². The molecule has 0 aromatic heterocycles. The minimum atomic E-state index is -1.33. The van der Waals surface area contributed by atoms with Crippen LogP contribution in [-0.4, -0.2) is 75.9 Å². The van der Waals surface area contributed by atoms with Crippen molar-refractivity contribution in [2.75, 3.05) is 6.54 Å². The number of carboxylic acids is 1. The van der Waals surface area contributed by atoms with Gasteiger partial charge in [0.15, 0.2) is 0 Å². The van der Waals surface area contributed by atoms with Gasteiger partial charge in [0.1, 0.15) is 35.5 Å². The van der Waals surface area contributed by atoms with Crippen molar-refractivity contribution in [3.8, 4) is 16.9 Å². The summed E-state index contributed by atoms with van der Waals surface area (Å²) in [6, 6.07) is 14.5. The summed E-state index contributed by atoms with van der Waals surface area (Å²) in [6.45, 7) is 5.07. The van der Waals surface area contributed by atoms with Crippen LogP contribution in [0.3, 0.4) is 0 Å². The molecule has 1 aliphatic heterocycles. The third-order valence-electron chi connectivity index (χ3n) is 9.63. The van der Waals surface area contributed by atoms with Gasteiger partial charge in [-0.05, 0) is 49.1 Å². The Morgan fingerprint density at radius 1 is 0.915 bits per heavy atom. The quantitative estimate of drug-likeness (QED) is 0.275. The molecule has 3 aliphatic rings. The van der Waals surface area contributed by atoms with Gasteiger partial charge in [0.25, 0.3) is 0 Å². The molecular weight excluding hydrogens is 600 g/mol. The first kappa shape index (κ1) is 33.9. The van der Waals surface area contributed by atoms with Crippen molar-refractivity contribution < 1.29 is 33.8 Å². The van der Waals surface area contributed by atoms with Crippen molar-refractivity contribution >= 4 is 29.6 Å². The van der Waals surface area contributed by atoms with E-state index in [-0.39, 0.29) is 30.7 Å². The lowest BCUT2D eigenvalue weighted by Crippen LogP contribution is -2.60. The number of nitrogens with one attached hydrogen (secondary N) is 3. The Bertz CT molecular complexity index is 1470. The Labute approximate surface area is 275 Å². The summed E-state index contributed by atoms with van der Waals surface area (Å²) in [5.74, 6) is -2.64. The summed E-state index contributed by atoms with van der Waals surface area (Å²) in [6.07, 6.45) is 4.84. The fraction of sp³-hybridized carbons (Fsp3) is 0.528. The number of rotatable bonds is 12. The molecule has 2 aliphatic carbocycles. The number of nitrogens with zero attached hydrogens (tertiary/aromatic N) is 1. The van der Waals surface area contributed by atoms with Gasteiger partial charge >= 0.3 is 5.97 Å². The lowest BCUT2D eigenvalue weighted by Gasteiger charge is -2.34. The molecule has 1 heterocycles. The summed E-state index contributed by atoms with van der Waals surface area (Å²) in [5, 5.41) is 18.2. The van der Waals surface area contributed by atoms with Crippen LogP contribution >= 0.6 is 0 Å². The molecule has 5 rings (SSSR count). The largest absolute Gasteiger partial charge is 0.488 e. The first-order valence-electron chi connectivity index (χ1n) is 16.7. The van der Waals surface area contributed by atoms with E-state index in [1.54, 1.807) is 0 Å². The van der Waals surface area contributed by atoms with Crippen LogP contribution in [0.4, 0.5) is 0 Å². The number of hydrogen-bond donors (Lipinski definition) is 4. The number of benzene rings is 2. The van der Waals surface area contributed by atoms with E-state index in [4.69, 9.17) is 4.74 Å². The third-order valence-corrected chi connectivity index (χ3v) is 9.63. The molecule has 0 radical (unpaired) electrons. The Kier molecular flexibility index (Phi) is 10.5. The van der Waals surface area contributed by atoms with Crippen LogP contribution in [0.5, 0.6) is 5.75 Å². The molecule has 1 unspecified atom stereocenters. The van der Waals surface area contributed by atoms with Crippen molar-refractivity contribution in [3.63, 3.8) is 0 Å². The van der Waals surface area contributed by atoms with Crippen molar-refractivity contribution in [1.29, 1.82) is 0 Å². The van der Waals surface area contributed by atoms with Gasteiger partial charge in [-0.25, -0.2) is 4.79 Å². The molecular formula is C36H46N4O7. The number of carboxylic acid groups (broad SMARTS) is 1. The second-order valence-electron chi connectivity index (χ2n) is 13.5. The van der Waals surface area contributed by atoms with Crippen LogP contribution in [0.1, 0.15) is 72.1 Å². The summed E-state index contributed by atoms with van der Waals surface area (Å²) in [4.78, 5) is 67.2. The average Bonchev–Trinajstić information content (AvgIpc) is 3.73. The van der Waals surface area contributed by atoms with Crippen molar-refractivity contribution in [1.82, 2.24) is 20.9 Å². The van der Waals surface area contributed by atoms with E-state index in [0.717, 1.165) is 43.2 Å². The maximum absolute atomic E-state index is 14.3. The highest BCUT2D eigenvalue weighted by Gasteiger charge is 2.54. The number of carbonyl (C=O) groups is 5. The Morgan fingerprint density at radius 2 is 1.57 bits per heavy atom. The maximum atomic E-state index is 14.3. The molecule has 4 amide bonds. The zero-order valence-corrected chi connectivity index (χ0v) is 27.4. The number of hydrogen-bond acceptors (Lipinski definition) is 6. The Balaban J connectivity index is 1.39. The molecule has 4 N–H and O–H groups in total. The van der Waals surface area contributed by atoms with Crippen molar-refractivity contribution in [2.45, 2.75) is 102 Å². The van der Waals surface area contributed by atoms with Crippen LogP contribution < -0.4 is 20.7 Å². The van der Waals surface area contributed by atoms with E-state index < -0.39 is 53.5 Å². The standard InChI is InChI=1S/C36H46N4O7/c1-22(2)30(38-33(43)31(37-23(3)41)25-14-8-5-9-15-25)34(44)40-21-26(20-28(40)32(42)39-36(18-19-36)35(45)46)47-29-17-11-10-16-27(29)24-12-6-4-7-13-24/h4,6-7,10-13,16-17,22,25-26,28,30-31H,5,8-9,14-15,18-21H2,1-3H3,(H,37,41)(H,38,43)(H,39,42)(H,45,46)/t26-,28?,30+,31+/m1/s1. The molecule has 1 saturated heterocycles. The highest BCUT2D eigenvalue weighted by molar-refractivity contribution is 5.97. The summed E-state index contributed by atoms with van der Waals surface area (Å²) in [5.41, 5.74) is 0.484. The second-order valence-corrected chi connectivity index (χ2v) is 13.5. The molecule has 2 aromatic rings. The second kappa shape index (κ2) is 14.6. The smallest absolute Gasteiger partial charge is 0.329 e. The van der Waals surface area contributed by atoms with Gasteiger partial charge in [-0.15, -0.1) is 0 Å². The average molecular weight is 647 g/mol. The van der Waals surface area contributed by atoms with Crippen LogP contribution in [0.25, 0.3) is 11.1 Å². The highest BCUT2D eigenvalue weighted by Crippen LogP contribution is 2.37. The predicted octanol–water partition coefficient (Wildman–Crippen LogP) is 3.66. The van der Waals surface area contributed by atoms with Gasteiger partial charge in [0.2, 0.25) is 23.6 Å². The van der Waals surface area contributed by atoms with E-state index in [0.29, 0.717) is 18.6 Å². The van der Waals surface area contributed by atoms with E-state index in [9.17, 15) is 29.1 Å². The van der Waals surface area contributed by atoms with Gasteiger partial charge in [0.05, 0.1) is 6.54 Å². The molecule has 47 heavy (non-hydrogen) atoms. The fourth-order valence-electron chi connectivity index (χ4n) is 6.84. The van der Waals surface area contributed by atoms with Crippen molar-refractivity contribution in [3.05, 3.63) is 54.6 Å². The Morgan fingerprint density at radius 3 is 2.19 bits per heavy atom. The summed E-state index contributed by atoms with van der Waals surface area (Å²) < 4.78 is 6.47. The molecule has 11 nitrogen and oxygen atoms in total. The zero-order valence-electron chi connectivity index (χ0n) is 27.4. The van der Waals surface area contributed by atoms with Gasteiger partial charge < -0.3 is 30.7 Å². The van der Waals surface area contributed by atoms with E-state index >= 15 is 0 Å². The number of aliphatic carboxylic acids is 1. The van der Waals surface area contributed by atoms with Crippen LogP contribution in [-0.2, 0) is 24.0 Å². The number of carbonyl (C=O) groups excluding carboxylic acids is 4. The van der Waals surface area contributed by atoms with Gasteiger partial charge in [-0.2, -0.15) is 0 Å². The lowest BCUT2D eigenvalue weighted by molar-refractivity contribution is -0.146. The van der Waals surface area contributed by atoms with Gasteiger partial charge in [-0.1, -0.05) is 81.6 Å². The highest BCUT2D eigenvalue weighted by atomic mass is 16.5. The molecule has 11 heteroatoms. The minimum absolute atomic E-state index is 0.0332. The molecule has 0 bridgehead atoms. The zero-order chi connectivity index (χ0) is 33.7. The van der Waals surface area contributed by atoms with Crippen molar-refractivity contribution in [2.24, 2.45) is 11.8 Å². The number of amides is 4. The lowest BCUT2D eigenvalue weighted by atomic mass is 9.83. The van der Waals surface area contributed by atoms with Crippen LogP contribution in [0.15, 0.2) is 54.6 Å². The first-order chi connectivity index (χ1) is 22.5. The van der Waals surface area contributed by atoms with E-state index in [1.807, 2.05) is 68.4 Å². The van der Waals surface area contributed by atoms with Gasteiger partial charge in [0, 0.05) is 18.9 Å². The molecule has 2 aromatic carbocycles. The first-order valence-corrected chi connectivity index (χ1v) is 16.7. The molecule has 4 atom stereocenters. The molecule has 2 saturated carbocycles. The number of likely N-dealkylation sites (tertiary alicyclic amines) is 1. The number of para-hydroxylation sites is 1. The minimum Gasteiger partial charge on any atom is -0.488 e. The van der Waals surface area contributed by atoms with Gasteiger partial charge in [-0.3, -0.25) is 19.2 Å². The monoisotopic (exact) mass is 646 g/mol. The SMILES string of the molecule is CC(=O)N[C@H](C(=O)N[C@H](C(=O)N1C[C@H](Oc2ccccc2-c2ccccc2)CC1C(=O)NC1(C(=O)O)CC1)C(C)C)C1CCCCC1. The molecule has 252 valence electrons. The fourth-order valence-corrected chi connectivity index (χ4v) is 6.84. The summed E-state index contributed by atoms with van der Waals surface area (Å²) in [7, 11) is 0. The maximum Gasteiger partial charge on any atom is 0.329 e. The van der Waals surface area contributed by atoms with E-state index in [1.165, 1.54) is 11.8 Å². The Hall–Kier alpha value is -4.41.